The van der Waals surface area contributed by atoms with Crippen LogP contribution in [0.15, 0.2) is 30.3 Å². The number of hydrogen-bond donors (Lipinski definition) is 0. The molecule has 0 N–H and O–H groups in total. The van der Waals surface area contributed by atoms with Gasteiger partial charge in [-0.2, -0.15) is 0 Å². The van der Waals surface area contributed by atoms with E-state index >= 15 is 0 Å². The highest BCUT2D eigenvalue weighted by Gasteiger charge is 2.48. The zero-order chi connectivity index (χ0) is 16.8. The van der Waals surface area contributed by atoms with Gasteiger partial charge in [0, 0.05) is 19.4 Å². The number of ether oxygens (including phenoxy) is 2. The molecule has 0 bridgehead atoms. The topological polar surface area (TPSA) is 35.5 Å². The maximum atomic E-state index is 13.4. The van der Waals surface area contributed by atoms with Crippen molar-refractivity contribution in [1.29, 1.82) is 0 Å². The Hall–Kier alpha value is -1.49. The highest BCUT2D eigenvalue weighted by Crippen LogP contribution is 2.46. The Labute approximate surface area is 136 Å². The summed E-state index contributed by atoms with van der Waals surface area (Å²) in [6.45, 7) is 2.81. The van der Waals surface area contributed by atoms with Crippen LogP contribution in [0.2, 0.25) is 0 Å². The van der Waals surface area contributed by atoms with Crippen molar-refractivity contribution in [3.8, 4) is 0 Å². The van der Waals surface area contributed by atoms with Crippen LogP contribution in [0.4, 0.5) is 8.78 Å². The van der Waals surface area contributed by atoms with Crippen LogP contribution in [0, 0.1) is 5.41 Å². The molecule has 5 heteroatoms. The first-order valence-electron chi connectivity index (χ1n) is 8.14. The van der Waals surface area contributed by atoms with Crippen molar-refractivity contribution in [2.45, 2.75) is 51.6 Å². The van der Waals surface area contributed by atoms with Gasteiger partial charge in [0.15, 0.2) is 0 Å². The van der Waals surface area contributed by atoms with E-state index in [1.54, 1.807) is 6.92 Å². The molecule has 1 saturated carbocycles. The second kappa shape index (κ2) is 7.86. The fourth-order valence-electron chi connectivity index (χ4n) is 2.97. The molecule has 0 spiro atoms. The van der Waals surface area contributed by atoms with Crippen molar-refractivity contribution in [2.24, 2.45) is 5.41 Å². The molecule has 0 amide bonds. The molecule has 23 heavy (non-hydrogen) atoms. The summed E-state index contributed by atoms with van der Waals surface area (Å²) in [5.41, 5.74) is 0.224. The predicted octanol–water partition coefficient (Wildman–Crippen LogP) is 4.35. The van der Waals surface area contributed by atoms with Crippen molar-refractivity contribution >= 4 is 5.97 Å². The minimum Gasteiger partial charge on any atom is -0.466 e. The van der Waals surface area contributed by atoms with Gasteiger partial charge in [-0.3, -0.25) is 4.79 Å². The number of hydrogen-bond acceptors (Lipinski definition) is 3. The average Bonchev–Trinajstić information content (AvgIpc) is 2.54. The Kier molecular flexibility index (Phi) is 6.10. The first-order valence-corrected chi connectivity index (χ1v) is 8.14. The molecular formula is C18H24F2O3. The molecule has 2 rings (SSSR count). The van der Waals surface area contributed by atoms with Crippen molar-refractivity contribution in [3.05, 3.63) is 35.9 Å². The summed E-state index contributed by atoms with van der Waals surface area (Å²) in [6, 6.07) is 9.72. The first kappa shape index (κ1) is 17.9. The lowest BCUT2D eigenvalue weighted by Crippen LogP contribution is -2.41. The zero-order valence-corrected chi connectivity index (χ0v) is 13.5. The highest BCUT2D eigenvalue weighted by atomic mass is 19.3. The smallest absolute Gasteiger partial charge is 0.312 e. The minimum absolute atomic E-state index is 0.160. The lowest BCUT2D eigenvalue weighted by molar-refractivity contribution is -0.165. The fourth-order valence-corrected chi connectivity index (χ4v) is 2.97. The van der Waals surface area contributed by atoms with Gasteiger partial charge in [0.25, 0.3) is 0 Å². The highest BCUT2D eigenvalue weighted by molar-refractivity contribution is 5.77. The molecule has 0 aliphatic heterocycles. The summed E-state index contributed by atoms with van der Waals surface area (Å²) < 4.78 is 37.6. The van der Waals surface area contributed by atoms with Crippen molar-refractivity contribution in [3.63, 3.8) is 0 Å². The third kappa shape index (κ3) is 4.99. The molecule has 1 aliphatic carbocycles. The van der Waals surface area contributed by atoms with E-state index in [9.17, 15) is 13.6 Å². The van der Waals surface area contributed by atoms with Gasteiger partial charge in [-0.1, -0.05) is 30.3 Å². The normalized spacial score (nSPS) is 19.3. The molecule has 1 aliphatic rings. The number of carbonyl (C=O) groups excluding carboxylic acids is 1. The summed E-state index contributed by atoms with van der Waals surface area (Å²) in [7, 11) is 0. The molecule has 0 atom stereocenters. The van der Waals surface area contributed by atoms with E-state index in [-0.39, 0.29) is 38.3 Å². The number of esters is 1. The quantitative estimate of drug-likeness (QED) is 0.552. The number of benzene rings is 1. The molecule has 0 unspecified atom stereocenters. The largest absolute Gasteiger partial charge is 0.466 e. The Bertz CT molecular complexity index is 492. The first-order chi connectivity index (χ1) is 11.0. The van der Waals surface area contributed by atoms with E-state index in [0.29, 0.717) is 19.6 Å². The number of alkyl halides is 2. The Morgan fingerprint density at radius 1 is 1.13 bits per heavy atom. The molecule has 0 aromatic heterocycles. The van der Waals surface area contributed by atoms with Gasteiger partial charge in [-0.25, -0.2) is 8.78 Å². The second-order valence-corrected chi connectivity index (χ2v) is 6.14. The van der Waals surface area contributed by atoms with E-state index in [2.05, 4.69) is 0 Å². The molecule has 1 aromatic rings. The van der Waals surface area contributed by atoms with Gasteiger partial charge in [-0.15, -0.1) is 0 Å². The van der Waals surface area contributed by atoms with Crippen LogP contribution >= 0.6 is 0 Å². The van der Waals surface area contributed by atoms with Gasteiger partial charge in [0.2, 0.25) is 5.92 Å². The van der Waals surface area contributed by atoms with Crippen molar-refractivity contribution in [2.75, 3.05) is 13.2 Å². The van der Waals surface area contributed by atoms with Crippen LogP contribution in [-0.4, -0.2) is 25.1 Å². The predicted molar refractivity (Wildman–Crippen MR) is 83.2 cm³/mol. The van der Waals surface area contributed by atoms with Crippen LogP contribution < -0.4 is 0 Å². The summed E-state index contributed by atoms with van der Waals surface area (Å²) in [5, 5.41) is 0. The second-order valence-electron chi connectivity index (χ2n) is 6.14. The van der Waals surface area contributed by atoms with Gasteiger partial charge in [0.05, 0.1) is 18.6 Å². The minimum atomic E-state index is -2.67. The lowest BCUT2D eigenvalue weighted by atomic mass is 9.71. The average molecular weight is 326 g/mol. The molecule has 3 nitrogen and oxygen atoms in total. The Balaban J connectivity index is 1.89. The SMILES string of the molecule is CCOC(=O)C1(CCOCc2ccccc2)CCC(F)(F)CC1. The molecule has 1 aromatic carbocycles. The number of carbonyl (C=O) groups is 1. The monoisotopic (exact) mass is 326 g/mol. The summed E-state index contributed by atoms with van der Waals surface area (Å²) >= 11 is 0. The van der Waals surface area contributed by atoms with Gasteiger partial charge < -0.3 is 9.47 Å². The van der Waals surface area contributed by atoms with E-state index < -0.39 is 11.3 Å². The summed E-state index contributed by atoms with van der Waals surface area (Å²) in [4.78, 5) is 12.3. The Morgan fingerprint density at radius 2 is 1.78 bits per heavy atom. The van der Waals surface area contributed by atoms with Crippen LogP contribution in [0.25, 0.3) is 0 Å². The van der Waals surface area contributed by atoms with Crippen LogP contribution in [0.5, 0.6) is 0 Å². The fraction of sp³-hybridized carbons (Fsp3) is 0.611. The van der Waals surface area contributed by atoms with Crippen LogP contribution in [0.3, 0.4) is 0 Å². The summed E-state index contributed by atoms with van der Waals surface area (Å²) in [5.74, 6) is -3.03. The maximum Gasteiger partial charge on any atom is 0.312 e. The third-order valence-electron chi connectivity index (χ3n) is 4.48. The molecule has 0 saturated heterocycles. The van der Waals surface area contributed by atoms with E-state index in [1.165, 1.54) is 0 Å². The van der Waals surface area contributed by atoms with E-state index in [1.807, 2.05) is 30.3 Å². The van der Waals surface area contributed by atoms with Crippen LogP contribution in [-0.2, 0) is 20.9 Å². The molecule has 128 valence electrons. The Morgan fingerprint density at radius 3 is 2.39 bits per heavy atom. The van der Waals surface area contributed by atoms with Crippen LogP contribution in [0.1, 0.15) is 44.6 Å². The third-order valence-corrected chi connectivity index (χ3v) is 4.48. The zero-order valence-electron chi connectivity index (χ0n) is 13.5. The van der Waals surface area contributed by atoms with Gasteiger partial charge >= 0.3 is 5.97 Å². The maximum absolute atomic E-state index is 13.4. The molecular weight excluding hydrogens is 302 g/mol. The summed E-state index contributed by atoms with van der Waals surface area (Å²) in [6.07, 6.45) is 0.227. The van der Waals surface area contributed by atoms with Gasteiger partial charge in [0.1, 0.15) is 0 Å². The lowest BCUT2D eigenvalue weighted by Gasteiger charge is -2.37. The molecule has 0 radical (unpaired) electrons. The standard InChI is InChI=1S/C18H24F2O3/c1-2-23-16(21)17(8-10-18(19,20)11-9-17)12-13-22-14-15-6-4-3-5-7-15/h3-7H,2,8-14H2,1H3. The van der Waals surface area contributed by atoms with Crippen molar-refractivity contribution < 1.29 is 23.0 Å². The number of rotatable bonds is 7. The van der Waals surface area contributed by atoms with E-state index in [4.69, 9.17) is 9.47 Å². The molecule has 0 heterocycles. The van der Waals surface area contributed by atoms with E-state index in [0.717, 1.165) is 5.56 Å². The molecule has 1 fully saturated rings. The van der Waals surface area contributed by atoms with Crippen molar-refractivity contribution in [1.82, 2.24) is 0 Å². The van der Waals surface area contributed by atoms with Gasteiger partial charge in [-0.05, 0) is 31.7 Å². The number of halogens is 2.